The van der Waals surface area contributed by atoms with Crippen molar-refractivity contribution >= 4 is 18.3 Å². The first-order valence-electron chi connectivity index (χ1n) is 6.48. The van der Waals surface area contributed by atoms with Gasteiger partial charge in [0.15, 0.2) is 11.6 Å². The monoisotopic (exact) mass is 304 g/mol. The van der Waals surface area contributed by atoms with Crippen LogP contribution in [0.2, 0.25) is 0 Å². The van der Waals surface area contributed by atoms with E-state index in [1.807, 2.05) is 6.92 Å². The first kappa shape index (κ1) is 16.9. The number of amides is 1. The zero-order chi connectivity index (χ0) is 13.9. The Morgan fingerprint density at radius 3 is 2.70 bits per heavy atom. The second-order valence-corrected chi connectivity index (χ2v) is 5.15. The summed E-state index contributed by atoms with van der Waals surface area (Å²) < 4.78 is 25.8. The fourth-order valence-corrected chi connectivity index (χ4v) is 2.28. The first-order chi connectivity index (χ1) is 9.01. The maximum absolute atomic E-state index is 13.0. The highest BCUT2D eigenvalue weighted by molar-refractivity contribution is 5.86. The number of piperidine rings is 1. The minimum Gasteiger partial charge on any atom is -0.350 e. The van der Waals surface area contributed by atoms with Gasteiger partial charge in [-0.3, -0.25) is 4.79 Å². The third kappa shape index (κ3) is 3.90. The Labute approximate surface area is 123 Å². The summed E-state index contributed by atoms with van der Waals surface area (Å²) in [6.07, 6.45) is 2.88. The lowest BCUT2D eigenvalue weighted by Crippen LogP contribution is -2.56. The molecule has 0 saturated carbocycles. The molecule has 1 unspecified atom stereocenters. The van der Waals surface area contributed by atoms with Crippen LogP contribution in [0.5, 0.6) is 0 Å². The molecule has 1 aromatic carbocycles. The Balaban J connectivity index is 0.00000200. The lowest BCUT2D eigenvalue weighted by atomic mass is 9.90. The van der Waals surface area contributed by atoms with Crippen LogP contribution >= 0.6 is 12.4 Å². The van der Waals surface area contributed by atoms with Crippen LogP contribution in [0.25, 0.3) is 0 Å². The van der Waals surface area contributed by atoms with Gasteiger partial charge in [-0.2, -0.15) is 0 Å². The summed E-state index contributed by atoms with van der Waals surface area (Å²) >= 11 is 0. The maximum atomic E-state index is 13.0. The van der Waals surface area contributed by atoms with E-state index in [1.165, 1.54) is 6.07 Å². The standard InChI is InChI=1S/C14H18F2N2O.ClH/c1-14(6-2-3-7-18-14)13(19)17-9-10-4-5-11(15)12(16)8-10;/h4-5,8,18H,2-3,6-7,9H2,1H3,(H,17,19);1H. The number of nitrogens with one attached hydrogen (secondary N) is 2. The Hall–Kier alpha value is -1.20. The number of rotatable bonds is 3. The average molecular weight is 305 g/mol. The number of halogens is 3. The SMILES string of the molecule is CC1(C(=O)NCc2ccc(F)c(F)c2)CCCCN1.Cl. The van der Waals surface area contributed by atoms with E-state index in [9.17, 15) is 13.6 Å². The molecule has 2 rings (SSSR count). The normalized spacial score (nSPS) is 21.9. The van der Waals surface area contributed by atoms with Crippen molar-refractivity contribution in [2.24, 2.45) is 0 Å². The molecule has 1 fully saturated rings. The van der Waals surface area contributed by atoms with Crippen molar-refractivity contribution in [2.75, 3.05) is 6.54 Å². The van der Waals surface area contributed by atoms with E-state index in [1.54, 1.807) is 0 Å². The highest BCUT2D eigenvalue weighted by Crippen LogP contribution is 2.19. The van der Waals surface area contributed by atoms with Gasteiger partial charge in [0.25, 0.3) is 0 Å². The molecule has 0 aliphatic carbocycles. The van der Waals surface area contributed by atoms with Gasteiger partial charge in [-0.05, 0) is 50.4 Å². The fraction of sp³-hybridized carbons (Fsp3) is 0.500. The summed E-state index contributed by atoms with van der Waals surface area (Å²) in [5, 5.41) is 5.97. The number of carbonyl (C=O) groups excluding carboxylic acids is 1. The van der Waals surface area contributed by atoms with Crippen LogP contribution in [0.3, 0.4) is 0 Å². The van der Waals surface area contributed by atoms with Gasteiger partial charge in [-0.25, -0.2) is 8.78 Å². The third-order valence-electron chi connectivity index (χ3n) is 3.56. The van der Waals surface area contributed by atoms with Crippen molar-refractivity contribution in [3.05, 3.63) is 35.4 Å². The summed E-state index contributed by atoms with van der Waals surface area (Å²) in [5.74, 6) is -1.87. The van der Waals surface area contributed by atoms with Crippen LogP contribution in [0.4, 0.5) is 8.78 Å². The van der Waals surface area contributed by atoms with Gasteiger partial charge in [0, 0.05) is 6.54 Å². The molecule has 1 aromatic rings. The lowest BCUT2D eigenvalue weighted by molar-refractivity contribution is -0.128. The molecule has 3 nitrogen and oxygen atoms in total. The number of carbonyl (C=O) groups is 1. The van der Waals surface area contributed by atoms with Crippen LogP contribution in [0.15, 0.2) is 18.2 Å². The van der Waals surface area contributed by atoms with Gasteiger partial charge in [0.1, 0.15) is 0 Å². The molecule has 0 bridgehead atoms. The van der Waals surface area contributed by atoms with Crippen LogP contribution < -0.4 is 10.6 Å². The number of hydrogen-bond acceptors (Lipinski definition) is 2. The molecule has 1 heterocycles. The topological polar surface area (TPSA) is 41.1 Å². The molecular weight excluding hydrogens is 286 g/mol. The molecule has 0 aromatic heterocycles. The highest BCUT2D eigenvalue weighted by atomic mass is 35.5. The Morgan fingerprint density at radius 2 is 2.10 bits per heavy atom. The van der Waals surface area contributed by atoms with E-state index >= 15 is 0 Å². The molecule has 112 valence electrons. The molecular formula is C14H19ClF2N2O. The average Bonchev–Trinajstić information content (AvgIpc) is 2.40. The van der Waals surface area contributed by atoms with E-state index in [0.29, 0.717) is 5.56 Å². The molecule has 1 atom stereocenters. The van der Waals surface area contributed by atoms with E-state index in [-0.39, 0.29) is 24.9 Å². The minimum absolute atomic E-state index is 0. The predicted octanol–water partition coefficient (Wildman–Crippen LogP) is 2.54. The van der Waals surface area contributed by atoms with Gasteiger partial charge in [0.05, 0.1) is 5.54 Å². The van der Waals surface area contributed by atoms with Crippen molar-refractivity contribution in [2.45, 2.75) is 38.3 Å². The fourth-order valence-electron chi connectivity index (χ4n) is 2.28. The second kappa shape index (κ2) is 6.99. The minimum atomic E-state index is -0.895. The van der Waals surface area contributed by atoms with E-state index in [4.69, 9.17) is 0 Å². The number of benzene rings is 1. The van der Waals surface area contributed by atoms with Crippen molar-refractivity contribution < 1.29 is 13.6 Å². The van der Waals surface area contributed by atoms with Crippen LogP contribution in [-0.4, -0.2) is 18.0 Å². The third-order valence-corrected chi connectivity index (χ3v) is 3.56. The molecule has 2 N–H and O–H groups in total. The Bertz CT molecular complexity index is 476. The zero-order valence-electron chi connectivity index (χ0n) is 11.3. The van der Waals surface area contributed by atoms with Crippen molar-refractivity contribution in [3.8, 4) is 0 Å². The molecule has 1 amide bonds. The summed E-state index contributed by atoms with van der Waals surface area (Å²) in [4.78, 5) is 12.1. The largest absolute Gasteiger partial charge is 0.350 e. The van der Waals surface area contributed by atoms with Crippen LogP contribution in [0, 0.1) is 11.6 Å². The summed E-state index contributed by atoms with van der Waals surface area (Å²) in [5.41, 5.74) is -0.0109. The number of hydrogen-bond donors (Lipinski definition) is 2. The molecule has 1 saturated heterocycles. The maximum Gasteiger partial charge on any atom is 0.240 e. The zero-order valence-corrected chi connectivity index (χ0v) is 12.2. The molecule has 20 heavy (non-hydrogen) atoms. The molecule has 0 spiro atoms. The summed E-state index contributed by atoms with van der Waals surface area (Å²) in [7, 11) is 0. The lowest BCUT2D eigenvalue weighted by Gasteiger charge is -2.33. The van der Waals surface area contributed by atoms with Crippen molar-refractivity contribution in [1.29, 1.82) is 0 Å². The smallest absolute Gasteiger partial charge is 0.240 e. The van der Waals surface area contributed by atoms with Gasteiger partial charge in [0.2, 0.25) is 5.91 Å². The van der Waals surface area contributed by atoms with E-state index in [2.05, 4.69) is 10.6 Å². The summed E-state index contributed by atoms with van der Waals surface area (Å²) in [6.45, 7) is 2.90. The van der Waals surface area contributed by atoms with Gasteiger partial charge in [-0.15, -0.1) is 12.4 Å². The highest BCUT2D eigenvalue weighted by Gasteiger charge is 2.33. The van der Waals surface area contributed by atoms with Gasteiger partial charge in [-0.1, -0.05) is 6.07 Å². The molecule has 1 aliphatic rings. The first-order valence-corrected chi connectivity index (χ1v) is 6.48. The second-order valence-electron chi connectivity index (χ2n) is 5.15. The van der Waals surface area contributed by atoms with E-state index < -0.39 is 17.2 Å². The molecule has 0 radical (unpaired) electrons. The van der Waals surface area contributed by atoms with Crippen molar-refractivity contribution in [1.82, 2.24) is 10.6 Å². The summed E-state index contributed by atoms with van der Waals surface area (Å²) in [6, 6.07) is 3.64. The van der Waals surface area contributed by atoms with Crippen molar-refractivity contribution in [3.63, 3.8) is 0 Å². The van der Waals surface area contributed by atoms with E-state index in [0.717, 1.165) is 37.9 Å². The van der Waals surface area contributed by atoms with Crippen LogP contribution in [-0.2, 0) is 11.3 Å². The van der Waals surface area contributed by atoms with Crippen LogP contribution in [0.1, 0.15) is 31.7 Å². The van der Waals surface area contributed by atoms with Gasteiger partial charge >= 0.3 is 0 Å². The molecule has 6 heteroatoms. The Morgan fingerprint density at radius 1 is 1.35 bits per heavy atom. The predicted molar refractivity (Wildman–Crippen MR) is 75.7 cm³/mol. The Kier molecular flexibility index (Phi) is 5.89. The quantitative estimate of drug-likeness (QED) is 0.901. The van der Waals surface area contributed by atoms with Gasteiger partial charge < -0.3 is 10.6 Å². The molecule has 1 aliphatic heterocycles.